The molecule has 0 unspecified atom stereocenters. The van der Waals surface area contributed by atoms with Gasteiger partial charge < -0.3 is 14.6 Å². The molecular formula is C17H24N4O. The lowest BCUT2D eigenvalue weighted by Crippen LogP contribution is -2.23. The number of benzene rings is 1. The first-order valence-electron chi connectivity index (χ1n) is 8.15. The van der Waals surface area contributed by atoms with Gasteiger partial charge in [-0.2, -0.15) is 0 Å². The lowest BCUT2D eigenvalue weighted by atomic mass is 10.1. The molecular weight excluding hydrogens is 276 g/mol. The Balaban J connectivity index is 1.63. The second kappa shape index (κ2) is 6.92. The summed E-state index contributed by atoms with van der Waals surface area (Å²) in [7, 11) is 0. The second-order valence-electron chi connectivity index (χ2n) is 5.77. The van der Waals surface area contributed by atoms with Gasteiger partial charge in [0.1, 0.15) is 17.4 Å². The maximum Gasteiger partial charge on any atom is 0.149 e. The smallest absolute Gasteiger partial charge is 0.149 e. The summed E-state index contributed by atoms with van der Waals surface area (Å²) in [4.78, 5) is 0. The van der Waals surface area contributed by atoms with Crippen molar-refractivity contribution in [2.75, 3.05) is 6.61 Å². The average Bonchev–Trinajstić information content (AvgIpc) is 2.97. The molecule has 0 saturated carbocycles. The topological polar surface area (TPSA) is 52.0 Å². The van der Waals surface area contributed by atoms with Crippen LogP contribution in [0.4, 0.5) is 0 Å². The van der Waals surface area contributed by atoms with Gasteiger partial charge in [-0.05, 0) is 44.4 Å². The van der Waals surface area contributed by atoms with Gasteiger partial charge in [-0.1, -0.05) is 12.1 Å². The fraction of sp³-hybridized carbons (Fsp3) is 0.529. The van der Waals surface area contributed by atoms with Gasteiger partial charge in [-0.15, -0.1) is 10.2 Å². The van der Waals surface area contributed by atoms with Crippen LogP contribution in [0.2, 0.25) is 0 Å². The monoisotopic (exact) mass is 300 g/mol. The summed E-state index contributed by atoms with van der Waals surface area (Å²) in [5.74, 6) is 3.11. The van der Waals surface area contributed by atoms with Crippen molar-refractivity contribution >= 4 is 0 Å². The second-order valence-corrected chi connectivity index (χ2v) is 5.77. The Kier molecular flexibility index (Phi) is 4.73. The van der Waals surface area contributed by atoms with E-state index >= 15 is 0 Å². The Labute approximate surface area is 131 Å². The number of aryl methyl sites for hydroxylation is 1. The summed E-state index contributed by atoms with van der Waals surface area (Å²) in [6.45, 7) is 6.69. The van der Waals surface area contributed by atoms with E-state index in [0.717, 1.165) is 36.9 Å². The van der Waals surface area contributed by atoms with Crippen LogP contribution in [-0.2, 0) is 19.5 Å². The van der Waals surface area contributed by atoms with Gasteiger partial charge in [0.2, 0.25) is 0 Å². The third-order valence-corrected chi connectivity index (χ3v) is 4.10. The predicted octanol–water partition coefficient (Wildman–Crippen LogP) is 2.86. The molecule has 1 atom stereocenters. The highest BCUT2D eigenvalue weighted by Crippen LogP contribution is 2.19. The molecule has 1 aromatic heterocycles. The van der Waals surface area contributed by atoms with Crippen molar-refractivity contribution in [1.29, 1.82) is 0 Å². The molecule has 0 aliphatic carbocycles. The molecule has 0 spiro atoms. The summed E-state index contributed by atoms with van der Waals surface area (Å²) in [6, 6.07) is 8.41. The Hall–Kier alpha value is -1.88. The zero-order valence-corrected chi connectivity index (χ0v) is 13.4. The van der Waals surface area contributed by atoms with Crippen LogP contribution >= 0.6 is 0 Å². The Bertz CT molecular complexity index is 623. The maximum absolute atomic E-state index is 5.55. The number of ether oxygens (including phenoxy) is 1. The molecule has 118 valence electrons. The third kappa shape index (κ3) is 3.30. The minimum Gasteiger partial charge on any atom is -0.494 e. The molecule has 3 rings (SSSR count). The molecule has 0 radical (unpaired) electrons. The van der Waals surface area contributed by atoms with Crippen LogP contribution in [0.1, 0.15) is 49.9 Å². The summed E-state index contributed by atoms with van der Waals surface area (Å²) in [5, 5.41) is 12.2. The summed E-state index contributed by atoms with van der Waals surface area (Å²) in [6.07, 6.45) is 3.50. The normalized spacial score (nSPS) is 15.4. The fourth-order valence-electron chi connectivity index (χ4n) is 2.93. The summed E-state index contributed by atoms with van der Waals surface area (Å²) >= 11 is 0. The third-order valence-electron chi connectivity index (χ3n) is 4.10. The number of nitrogens with zero attached hydrogens (tertiary/aromatic N) is 3. The first-order valence-corrected chi connectivity index (χ1v) is 8.15. The van der Waals surface area contributed by atoms with E-state index in [9.17, 15) is 0 Å². The van der Waals surface area contributed by atoms with Crippen molar-refractivity contribution < 1.29 is 4.74 Å². The van der Waals surface area contributed by atoms with Crippen molar-refractivity contribution in [1.82, 2.24) is 20.1 Å². The van der Waals surface area contributed by atoms with E-state index in [-0.39, 0.29) is 6.04 Å². The quantitative estimate of drug-likeness (QED) is 0.891. The molecule has 0 amide bonds. The lowest BCUT2D eigenvalue weighted by molar-refractivity contribution is 0.339. The van der Waals surface area contributed by atoms with E-state index in [4.69, 9.17) is 4.74 Å². The zero-order valence-electron chi connectivity index (χ0n) is 13.4. The molecule has 1 aromatic carbocycles. The van der Waals surface area contributed by atoms with Gasteiger partial charge >= 0.3 is 0 Å². The van der Waals surface area contributed by atoms with E-state index in [1.165, 1.54) is 18.4 Å². The molecule has 5 heteroatoms. The molecule has 2 aromatic rings. The van der Waals surface area contributed by atoms with Gasteiger partial charge in [-0.3, -0.25) is 0 Å². The Morgan fingerprint density at radius 3 is 3.09 bits per heavy atom. The van der Waals surface area contributed by atoms with Crippen molar-refractivity contribution in [2.45, 2.75) is 52.2 Å². The number of fused-ring (bicyclic) bond motifs is 1. The van der Waals surface area contributed by atoms with Gasteiger partial charge in [0.15, 0.2) is 0 Å². The van der Waals surface area contributed by atoms with Gasteiger partial charge in [-0.25, -0.2) is 0 Å². The lowest BCUT2D eigenvalue weighted by Gasteiger charge is -2.19. The molecule has 1 N–H and O–H groups in total. The highest BCUT2D eigenvalue weighted by atomic mass is 16.5. The number of aromatic nitrogens is 3. The molecule has 0 saturated heterocycles. The van der Waals surface area contributed by atoms with Crippen molar-refractivity contribution in [3.05, 3.63) is 41.5 Å². The first kappa shape index (κ1) is 15.0. The van der Waals surface area contributed by atoms with Crippen LogP contribution in [0.5, 0.6) is 5.75 Å². The standard InChI is InChI=1S/C17H24N4O/c1-3-22-15-8-6-7-14(11-15)12-18-13(2)17-20-19-16-9-4-5-10-21(16)17/h6-8,11,13,18H,3-5,9-10,12H2,1-2H3/t13-/m1/s1. The first-order chi connectivity index (χ1) is 10.8. The Morgan fingerprint density at radius 1 is 1.32 bits per heavy atom. The molecule has 0 bridgehead atoms. The highest BCUT2D eigenvalue weighted by Gasteiger charge is 2.19. The Morgan fingerprint density at radius 2 is 2.23 bits per heavy atom. The van der Waals surface area contributed by atoms with Gasteiger partial charge in [0.05, 0.1) is 12.6 Å². The van der Waals surface area contributed by atoms with Crippen LogP contribution in [0.15, 0.2) is 24.3 Å². The van der Waals surface area contributed by atoms with Crippen LogP contribution in [0, 0.1) is 0 Å². The van der Waals surface area contributed by atoms with E-state index < -0.39 is 0 Å². The van der Waals surface area contributed by atoms with E-state index in [1.54, 1.807) is 0 Å². The van der Waals surface area contributed by atoms with Crippen LogP contribution in [0.3, 0.4) is 0 Å². The molecule has 1 aliphatic rings. The van der Waals surface area contributed by atoms with Crippen molar-refractivity contribution in [3.63, 3.8) is 0 Å². The summed E-state index contributed by atoms with van der Waals surface area (Å²) in [5.41, 5.74) is 1.22. The SMILES string of the molecule is CCOc1cccc(CN[C@H](C)c2nnc3n2CCCC3)c1. The minimum absolute atomic E-state index is 0.190. The van der Waals surface area contributed by atoms with Gasteiger partial charge in [0.25, 0.3) is 0 Å². The number of hydrogen-bond acceptors (Lipinski definition) is 4. The number of nitrogens with one attached hydrogen (secondary N) is 1. The molecule has 2 heterocycles. The summed E-state index contributed by atoms with van der Waals surface area (Å²) < 4.78 is 7.82. The van der Waals surface area contributed by atoms with Crippen LogP contribution < -0.4 is 10.1 Å². The number of hydrogen-bond donors (Lipinski definition) is 1. The van der Waals surface area contributed by atoms with Crippen LogP contribution in [0.25, 0.3) is 0 Å². The number of rotatable bonds is 6. The molecule has 1 aliphatic heterocycles. The maximum atomic E-state index is 5.55. The average molecular weight is 300 g/mol. The van der Waals surface area contributed by atoms with Gasteiger partial charge in [0, 0.05) is 19.5 Å². The van der Waals surface area contributed by atoms with E-state index in [1.807, 2.05) is 19.1 Å². The fourth-order valence-corrected chi connectivity index (χ4v) is 2.93. The molecule has 22 heavy (non-hydrogen) atoms. The van der Waals surface area contributed by atoms with Crippen LogP contribution in [-0.4, -0.2) is 21.4 Å². The van der Waals surface area contributed by atoms with Crippen molar-refractivity contribution in [3.8, 4) is 5.75 Å². The largest absolute Gasteiger partial charge is 0.494 e. The highest BCUT2D eigenvalue weighted by molar-refractivity contribution is 5.28. The minimum atomic E-state index is 0.190. The van der Waals surface area contributed by atoms with E-state index in [2.05, 4.69) is 39.1 Å². The predicted molar refractivity (Wildman–Crippen MR) is 85.8 cm³/mol. The van der Waals surface area contributed by atoms with Crippen molar-refractivity contribution in [2.24, 2.45) is 0 Å². The zero-order chi connectivity index (χ0) is 15.4. The van der Waals surface area contributed by atoms with E-state index in [0.29, 0.717) is 6.61 Å². The molecule has 5 nitrogen and oxygen atoms in total. The molecule has 0 fully saturated rings.